The molecule has 5 rings (SSSR count). The summed E-state index contributed by atoms with van der Waals surface area (Å²) in [4.78, 5) is 25.9. The van der Waals surface area contributed by atoms with Crippen molar-refractivity contribution in [3.8, 4) is 11.6 Å². The van der Waals surface area contributed by atoms with E-state index in [-0.39, 0.29) is 5.91 Å². The van der Waals surface area contributed by atoms with Gasteiger partial charge in [-0.1, -0.05) is 17.8 Å². The molecule has 0 atom stereocenters. The van der Waals surface area contributed by atoms with E-state index < -0.39 is 0 Å². The molecule has 3 heterocycles. The first-order valence-electron chi connectivity index (χ1n) is 9.59. The van der Waals surface area contributed by atoms with E-state index in [1.54, 1.807) is 47.2 Å². The summed E-state index contributed by atoms with van der Waals surface area (Å²) in [5.41, 5.74) is 2.38. The number of thioether (sulfide) groups is 1. The van der Waals surface area contributed by atoms with E-state index in [4.69, 9.17) is 0 Å². The summed E-state index contributed by atoms with van der Waals surface area (Å²) in [6.07, 6.45) is 11.1. The first kappa shape index (κ1) is 18.6. The molecule has 0 spiro atoms. The third kappa shape index (κ3) is 3.59. The van der Waals surface area contributed by atoms with Crippen LogP contribution in [-0.4, -0.2) is 41.5 Å². The van der Waals surface area contributed by atoms with Crippen molar-refractivity contribution in [3.63, 3.8) is 0 Å². The van der Waals surface area contributed by atoms with E-state index in [2.05, 4.69) is 25.4 Å². The highest BCUT2D eigenvalue weighted by Gasteiger charge is 2.28. The number of hydrogen-bond donors (Lipinski definition) is 1. The van der Waals surface area contributed by atoms with Gasteiger partial charge in [0.05, 0.1) is 5.69 Å². The topological polar surface area (TPSA) is 90.5 Å². The molecule has 0 unspecified atom stereocenters. The molecule has 1 N–H and O–H groups in total. The maximum absolute atomic E-state index is 13.0. The molecule has 8 nitrogen and oxygen atoms in total. The molecule has 9 heteroatoms. The number of hydrogen-bond acceptors (Lipinski definition) is 6. The maximum Gasteiger partial charge on any atom is 0.256 e. The van der Waals surface area contributed by atoms with Gasteiger partial charge in [0.15, 0.2) is 5.16 Å². The molecule has 1 amide bonds. The SMILES string of the molecule is CSc1nccn1-c1cccc(C(=O)Nc2cc(C3CC3)nn2-c2ncccn2)c1. The molecule has 1 aliphatic rings. The minimum Gasteiger partial charge on any atom is -0.306 e. The smallest absolute Gasteiger partial charge is 0.256 e. The lowest BCUT2D eigenvalue weighted by Crippen LogP contribution is -2.16. The molecule has 3 aromatic heterocycles. The molecular formula is C21H19N7OS. The Morgan fingerprint density at radius 1 is 1.10 bits per heavy atom. The average Bonchev–Trinajstić information content (AvgIpc) is 3.38. The minimum absolute atomic E-state index is 0.220. The number of nitrogens with one attached hydrogen (secondary N) is 1. The molecule has 0 radical (unpaired) electrons. The molecule has 1 aliphatic carbocycles. The van der Waals surface area contributed by atoms with Crippen molar-refractivity contribution in [1.29, 1.82) is 0 Å². The van der Waals surface area contributed by atoms with Crippen LogP contribution >= 0.6 is 11.8 Å². The van der Waals surface area contributed by atoms with Crippen LogP contribution in [-0.2, 0) is 0 Å². The Kier molecular flexibility index (Phi) is 4.80. The van der Waals surface area contributed by atoms with Gasteiger partial charge in [-0.2, -0.15) is 9.78 Å². The van der Waals surface area contributed by atoms with Crippen molar-refractivity contribution in [3.05, 3.63) is 72.4 Å². The van der Waals surface area contributed by atoms with E-state index in [1.807, 2.05) is 41.3 Å². The number of carbonyl (C=O) groups excluding carboxylic acids is 1. The molecule has 1 saturated carbocycles. The monoisotopic (exact) mass is 417 g/mol. The number of rotatable bonds is 6. The van der Waals surface area contributed by atoms with Gasteiger partial charge in [-0.05, 0) is 43.4 Å². The Balaban J connectivity index is 1.45. The first-order valence-corrected chi connectivity index (χ1v) is 10.8. The lowest BCUT2D eigenvalue weighted by Gasteiger charge is -2.10. The predicted octanol–water partition coefficient (Wildman–Crippen LogP) is 3.70. The zero-order valence-corrected chi connectivity index (χ0v) is 17.1. The second-order valence-electron chi connectivity index (χ2n) is 6.98. The highest BCUT2D eigenvalue weighted by molar-refractivity contribution is 7.98. The van der Waals surface area contributed by atoms with Crippen LogP contribution in [0.2, 0.25) is 0 Å². The normalized spacial score (nSPS) is 13.4. The standard InChI is InChI=1S/C21H19N7OS/c1-30-21-24-10-11-27(21)16-5-2-4-15(12-16)19(29)25-18-13-17(14-6-7-14)26-28(18)20-22-8-3-9-23-20/h2-5,8-14H,6-7H2,1H3,(H,25,29). The van der Waals surface area contributed by atoms with Crippen LogP contribution in [0.4, 0.5) is 5.82 Å². The van der Waals surface area contributed by atoms with Crippen molar-refractivity contribution >= 4 is 23.5 Å². The lowest BCUT2D eigenvalue weighted by atomic mass is 10.2. The van der Waals surface area contributed by atoms with Crippen LogP contribution in [0.5, 0.6) is 0 Å². The van der Waals surface area contributed by atoms with Gasteiger partial charge < -0.3 is 5.32 Å². The van der Waals surface area contributed by atoms with Crippen LogP contribution in [0.15, 0.2) is 66.3 Å². The van der Waals surface area contributed by atoms with Crippen LogP contribution in [0, 0.1) is 0 Å². The van der Waals surface area contributed by atoms with E-state index in [9.17, 15) is 4.79 Å². The Morgan fingerprint density at radius 2 is 1.93 bits per heavy atom. The maximum atomic E-state index is 13.0. The third-order valence-electron chi connectivity index (χ3n) is 4.88. The van der Waals surface area contributed by atoms with E-state index in [1.165, 1.54) is 0 Å². The van der Waals surface area contributed by atoms with Crippen molar-refractivity contribution in [2.75, 3.05) is 11.6 Å². The quantitative estimate of drug-likeness (QED) is 0.481. The van der Waals surface area contributed by atoms with Crippen molar-refractivity contribution in [1.82, 2.24) is 29.3 Å². The fourth-order valence-corrected chi connectivity index (χ4v) is 3.77. The number of imidazole rings is 1. The van der Waals surface area contributed by atoms with Gasteiger partial charge in [0.1, 0.15) is 5.82 Å². The van der Waals surface area contributed by atoms with E-state index >= 15 is 0 Å². The molecule has 1 aromatic carbocycles. The summed E-state index contributed by atoms with van der Waals surface area (Å²) in [6.45, 7) is 0. The van der Waals surface area contributed by atoms with E-state index in [0.717, 1.165) is 29.4 Å². The van der Waals surface area contributed by atoms with Crippen LogP contribution < -0.4 is 5.32 Å². The largest absolute Gasteiger partial charge is 0.306 e. The number of anilines is 1. The zero-order chi connectivity index (χ0) is 20.5. The number of amides is 1. The van der Waals surface area contributed by atoms with Crippen molar-refractivity contribution in [2.45, 2.75) is 23.9 Å². The van der Waals surface area contributed by atoms with Gasteiger partial charge in [-0.3, -0.25) is 9.36 Å². The highest BCUT2D eigenvalue weighted by atomic mass is 32.2. The molecule has 4 aromatic rings. The fourth-order valence-electron chi connectivity index (χ4n) is 3.24. The van der Waals surface area contributed by atoms with Gasteiger partial charge in [0.25, 0.3) is 11.9 Å². The molecule has 0 saturated heterocycles. The number of nitrogens with zero attached hydrogens (tertiary/aromatic N) is 6. The van der Waals surface area contributed by atoms with Crippen molar-refractivity contribution < 1.29 is 4.79 Å². The summed E-state index contributed by atoms with van der Waals surface area (Å²) in [7, 11) is 0. The third-order valence-corrected chi connectivity index (χ3v) is 5.55. The summed E-state index contributed by atoms with van der Waals surface area (Å²) in [6, 6.07) is 11.1. The van der Waals surface area contributed by atoms with Gasteiger partial charge >= 0.3 is 0 Å². The van der Waals surface area contributed by atoms with Gasteiger partial charge in [-0.25, -0.2) is 15.0 Å². The van der Waals surface area contributed by atoms with Gasteiger partial charge in [0, 0.05) is 48.0 Å². The van der Waals surface area contributed by atoms with E-state index in [0.29, 0.717) is 23.2 Å². The second-order valence-corrected chi connectivity index (χ2v) is 7.75. The molecule has 0 bridgehead atoms. The molecular weight excluding hydrogens is 398 g/mol. The minimum atomic E-state index is -0.220. The Labute approximate surface area is 177 Å². The predicted molar refractivity (Wildman–Crippen MR) is 114 cm³/mol. The number of carbonyl (C=O) groups is 1. The average molecular weight is 417 g/mol. The first-order chi connectivity index (χ1) is 14.7. The van der Waals surface area contributed by atoms with Crippen LogP contribution in [0.1, 0.15) is 34.8 Å². The van der Waals surface area contributed by atoms with Gasteiger partial charge in [0.2, 0.25) is 0 Å². The Morgan fingerprint density at radius 3 is 2.70 bits per heavy atom. The Hall–Kier alpha value is -3.46. The second kappa shape index (κ2) is 7.75. The Bertz CT molecular complexity index is 1200. The number of aromatic nitrogens is 6. The van der Waals surface area contributed by atoms with Crippen LogP contribution in [0.3, 0.4) is 0 Å². The van der Waals surface area contributed by atoms with Gasteiger partial charge in [-0.15, -0.1) is 0 Å². The lowest BCUT2D eigenvalue weighted by molar-refractivity contribution is 0.102. The highest BCUT2D eigenvalue weighted by Crippen LogP contribution is 2.40. The summed E-state index contributed by atoms with van der Waals surface area (Å²) >= 11 is 1.55. The molecule has 30 heavy (non-hydrogen) atoms. The van der Waals surface area contributed by atoms with Crippen LogP contribution in [0.25, 0.3) is 11.6 Å². The summed E-state index contributed by atoms with van der Waals surface area (Å²) in [5, 5.41) is 8.47. The molecule has 150 valence electrons. The fraction of sp³-hybridized carbons (Fsp3) is 0.190. The summed E-state index contributed by atoms with van der Waals surface area (Å²) in [5.74, 6) is 1.21. The zero-order valence-electron chi connectivity index (χ0n) is 16.3. The summed E-state index contributed by atoms with van der Waals surface area (Å²) < 4.78 is 3.55. The number of benzene rings is 1. The molecule has 1 fully saturated rings. The molecule has 0 aliphatic heterocycles. The van der Waals surface area contributed by atoms with Crippen molar-refractivity contribution in [2.24, 2.45) is 0 Å².